The first kappa shape index (κ1) is 19.1. The second-order valence-electron chi connectivity index (χ2n) is 7.62. The van der Waals surface area contributed by atoms with Crippen LogP contribution in [0, 0.1) is 0 Å². The van der Waals surface area contributed by atoms with E-state index in [4.69, 9.17) is 4.74 Å². The van der Waals surface area contributed by atoms with Crippen LogP contribution in [0.25, 0.3) is 17.0 Å². The van der Waals surface area contributed by atoms with Gasteiger partial charge >= 0.3 is 5.69 Å². The second kappa shape index (κ2) is 7.77. The molecule has 2 aliphatic heterocycles. The van der Waals surface area contributed by atoms with Crippen molar-refractivity contribution < 1.29 is 4.74 Å². The third kappa shape index (κ3) is 3.16. The fraction of sp³-hybridized carbons (Fsp3) is 0.364. The SMILES string of the molecule is COc1ccccc1N1CCN(CCn2c(=O)c3csc4c3n(c2=O)CC=C4)CC1. The summed E-state index contributed by atoms with van der Waals surface area (Å²) < 4.78 is 8.62. The molecule has 5 rings (SSSR count). The average Bonchev–Trinajstić information content (AvgIpc) is 3.23. The van der Waals surface area contributed by atoms with Gasteiger partial charge in [0.25, 0.3) is 5.56 Å². The Hall–Kier alpha value is -2.84. The minimum atomic E-state index is -0.204. The fourth-order valence-corrected chi connectivity index (χ4v) is 5.33. The highest BCUT2D eigenvalue weighted by Gasteiger charge is 2.21. The number of hydrogen-bond donors (Lipinski definition) is 0. The van der Waals surface area contributed by atoms with Gasteiger partial charge in [-0.3, -0.25) is 18.8 Å². The highest BCUT2D eigenvalue weighted by Crippen LogP contribution is 2.28. The number of ether oxygens (including phenoxy) is 1. The van der Waals surface area contributed by atoms with Crippen molar-refractivity contribution in [3.63, 3.8) is 0 Å². The summed E-state index contributed by atoms with van der Waals surface area (Å²) in [6.07, 6.45) is 3.98. The van der Waals surface area contributed by atoms with Crippen LogP contribution in [0.3, 0.4) is 0 Å². The van der Waals surface area contributed by atoms with Crippen LogP contribution in [0.2, 0.25) is 0 Å². The lowest BCUT2D eigenvalue weighted by atomic mass is 10.2. The maximum atomic E-state index is 13.0. The Morgan fingerprint density at radius 3 is 2.67 bits per heavy atom. The average molecular weight is 425 g/mol. The molecule has 0 unspecified atom stereocenters. The molecule has 1 saturated heterocycles. The van der Waals surface area contributed by atoms with Gasteiger partial charge in [0.1, 0.15) is 5.75 Å². The number of allylic oxidation sites excluding steroid dienone is 1. The zero-order valence-electron chi connectivity index (χ0n) is 16.9. The van der Waals surface area contributed by atoms with E-state index in [2.05, 4.69) is 15.9 Å². The molecule has 0 bridgehead atoms. The van der Waals surface area contributed by atoms with Crippen LogP contribution < -0.4 is 20.9 Å². The van der Waals surface area contributed by atoms with E-state index in [0.29, 0.717) is 25.0 Å². The van der Waals surface area contributed by atoms with Crippen molar-refractivity contribution in [3.05, 3.63) is 61.4 Å². The number of benzene rings is 1. The third-order valence-electron chi connectivity index (χ3n) is 5.99. The molecule has 2 aromatic heterocycles. The minimum Gasteiger partial charge on any atom is -0.495 e. The van der Waals surface area contributed by atoms with Gasteiger partial charge < -0.3 is 9.64 Å². The Labute approximate surface area is 178 Å². The Morgan fingerprint density at radius 2 is 1.87 bits per heavy atom. The summed E-state index contributed by atoms with van der Waals surface area (Å²) >= 11 is 1.52. The number of rotatable bonds is 5. The van der Waals surface area contributed by atoms with Gasteiger partial charge in [-0.25, -0.2) is 4.79 Å². The van der Waals surface area contributed by atoms with Crippen LogP contribution >= 0.6 is 11.3 Å². The van der Waals surface area contributed by atoms with E-state index in [1.165, 1.54) is 15.9 Å². The number of anilines is 1. The van der Waals surface area contributed by atoms with Gasteiger partial charge in [-0.15, -0.1) is 11.3 Å². The first-order chi connectivity index (χ1) is 14.7. The van der Waals surface area contributed by atoms with Crippen molar-refractivity contribution in [1.29, 1.82) is 0 Å². The monoisotopic (exact) mass is 424 g/mol. The zero-order valence-corrected chi connectivity index (χ0v) is 17.7. The van der Waals surface area contributed by atoms with E-state index in [-0.39, 0.29) is 11.2 Å². The first-order valence-electron chi connectivity index (χ1n) is 10.2. The number of thiophene rings is 1. The van der Waals surface area contributed by atoms with Crippen molar-refractivity contribution in [2.24, 2.45) is 0 Å². The van der Waals surface area contributed by atoms with Crippen molar-refractivity contribution in [2.75, 3.05) is 44.7 Å². The first-order valence-corrected chi connectivity index (χ1v) is 11.1. The van der Waals surface area contributed by atoms with Crippen molar-refractivity contribution in [3.8, 4) is 5.75 Å². The van der Waals surface area contributed by atoms with E-state index in [1.807, 2.05) is 35.7 Å². The van der Waals surface area contributed by atoms with E-state index >= 15 is 0 Å². The standard InChI is InChI=1S/C22H24N4O3S/c1-29-18-6-3-2-5-17(18)24-12-9-23(10-13-24)11-14-26-21(27)16-15-30-19-7-4-8-25(20(16)19)22(26)28/h2-7,15H,8-14H2,1H3. The molecule has 2 aliphatic rings. The zero-order chi connectivity index (χ0) is 20.7. The van der Waals surface area contributed by atoms with Crippen molar-refractivity contribution in [2.45, 2.75) is 13.1 Å². The Bertz CT molecular complexity index is 1230. The van der Waals surface area contributed by atoms with Gasteiger partial charge in [0, 0.05) is 51.2 Å². The molecule has 30 heavy (non-hydrogen) atoms. The lowest BCUT2D eigenvalue weighted by Crippen LogP contribution is -2.49. The highest BCUT2D eigenvalue weighted by molar-refractivity contribution is 7.12. The quantitative estimate of drug-likeness (QED) is 0.628. The van der Waals surface area contributed by atoms with Crippen molar-refractivity contribution in [1.82, 2.24) is 14.0 Å². The molecule has 0 radical (unpaired) electrons. The molecule has 156 valence electrons. The lowest BCUT2D eigenvalue weighted by molar-refractivity contribution is 0.244. The van der Waals surface area contributed by atoms with Crippen LogP contribution in [0.1, 0.15) is 4.88 Å². The predicted octanol–water partition coefficient (Wildman–Crippen LogP) is 2.08. The lowest BCUT2D eigenvalue weighted by Gasteiger charge is -2.36. The molecule has 0 spiro atoms. The smallest absolute Gasteiger partial charge is 0.331 e. The Balaban J connectivity index is 1.30. The van der Waals surface area contributed by atoms with E-state index in [0.717, 1.165) is 48.0 Å². The van der Waals surface area contributed by atoms with Crippen LogP contribution in [0.15, 0.2) is 45.3 Å². The molecular weight excluding hydrogens is 400 g/mol. The van der Waals surface area contributed by atoms with Crippen LogP contribution in [-0.4, -0.2) is 53.9 Å². The topological polar surface area (TPSA) is 59.7 Å². The van der Waals surface area contributed by atoms with Gasteiger partial charge in [-0.2, -0.15) is 0 Å². The third-order valence-corrected chi connectivity index (χ3v) is 6.93. The van der Waals surface area contributed by atoms with Gasteiger partial charge in [-0.05, 0) is 18.2 Å². The van der Waals surface area contributed by atoms with Crippen molar-refractivity contribution >= 4 is 34.0 Å². The number of hydrogen-bond acceptors (Lipinski definition) is 6. The molecule has 3 aromatic rings. The second-order valence-corrected chi connectivity index (χ2v) is 8.53. The Morgan fingerprint density at radius 1 is 1.07 bits per heavy atom. The number of methoxy groups -OCH3 is 1. The molecule has 0 atom stereocenters. The maximum absolute atomic E-state index is 13.0. The highest BCUT2D eigenvalue weighted by atomic mass is 32.1. The normalized spacial score (nSPS) is 16.4. The molecule has 0 N–H and O–H groups in total. The molecule has 1 aromatic carbocycles. The molecule has 0 aliphatic carbocycles. The minimum absolute atomic E-state index is 0.170. The molecule has 7 nitrogen and oxygen atoms in total. The molecule has 8 heteroatoms. The summed E-state index contributed by atoms with van der Waals surface area (Å²) in [6.45, 7) is 5.17. The van der Waals surface area contributed by atoms with Gasteiger partial charge in [0.05, 0.1) is 28.6 Å². The van der Waals surface area contributed by atoms with E-state index < -0.39 is 0 Å². The van der Waals surface area contributed by atoms with Gasteiger partial charge in [0.15, 0.2) is 0 Å². The predicted molar refractivity (Wildman–Crippen MR) is 121 cm³/mol. The van der Waals surface area contributed by atoms with Crippen LogP contribution in [-0.2, 0) is 13.1 Å². The number of para-hydroxylation sites is 2. The van der Waals surface area contributed by atoms with E-state index in [9.17, 15) is 9.59 Å². The molecular formula is C22H24N4O3S. The number of piperazine rings is 1. The van der Waals surface area contributed by atoms with Crippen LogP contribution in [0.5, 0.6) is 5.75 Å². The summed E-state index contributed by atoms with van der Waals surface area (Å²) in [4.78, 5) is 31.5. The maximum Gasteiger partial charge on any atom is 0.331 e. The Kier molecular flexibility index (Phi) is 4.96. The molecule has 0 saturated carbocycles. The van der Waals surface area contributed by atoms with Crippen LogP contribution in [0.4, 0.5) is 5.69 Å². The van der Waals surface area contributed by atoms with Gasteiger partial charge in [-0.1, -0.05) is 18.2 Å². The van der Waals surface area contributed by atoms with E-state index in [1.54, 1.807) is 11.7 Å². The number of nitrogens with zero attached hydrogens (tertiary/aromatic N) is 4. The summed E-state index contributed by atoms with van der Waals surface area (Å²) in [5.74, 6) is 0.886. The summed E-state index contributed by atoms with van der Waals surface area (Å²) in [5, 5.41) is 2.53. The number of aromatic nitrogens is 2. The fourth-order valence-electron chi connectivity index (χ4n) is 4.37. The molecule has 0 amide bonds. The summed E-state index contributed by atoms with van der Waals surface area (Å²) in [7, 11) is 1.70. The largest absolute Gasteiger partial charge is 0.495 e. The van der Waals surface area contributed by atoms with Gasteiger partial charge in [0.2, 0.25) is 0 Å². The summed E-state index contributed by atoms with van der Waals surface area (Å²) in [6, 6.07) is 8.07. The molecule has 1 fully saturated rings. The molecule has 4 heterocycles. The summed E-state index contributed by atoms with van der Waals surface area (Å²) in [5.41, 5.74) is 1.53.